The van der Waals surface area contributed by atoms with Gasteiger partial charge in [-0.1, -0.05) is 0 Å². The zero-order valence-electron chi connectivity index (χ0n) is 8.45. The number of alkyl halides is 2. The highest BCUT2D eigenvalue weighted by atomic mass is 79.9. The van der Waals surface area contributed by atoms with E-state index in [2.05, 4.69) is 20.9 Å². The summed E-state index contributed by atoms with van der Waals surface area (Å²) in [6.45, 7) is 0. The highest BCUT2D eigenvalue weighted by molar-refractivity contribution is 9.10. The molecule has 0 fully saturated rings. The third-order valence-electron chi connectivity index (χ3n) is 2.37. The fourth-order valence-electron chi connectivity index (χ4n) is 1.50. The van der Waals surface area contributed by atoms with E-state index in [1.165, 1.54) is 18.2 Å². The molecule has 2 N–H and O–H groups in total. The van der Waals surface area contributed by atoms with Gasteiger partial charge < -0.3 is 5.73 Å². The molecule has 6 heteroatoms. The molecule has 0 saturated carbocycles. The van der Waals surface area contributed by atoms with Crippen LogP contribution in [-0.4, -0.2) is 11.3 Å². The smallest absolute Gasteiger partial charge is 0.280 e. The van der Waals surface area contributed by atoms with E-state index in [9.17, 15) is 13.6 Å². The number of carbonyl (C=O) groups is 1. The van der Waals surface area contributed by atoms with Crippen LogP contribution in [0, 0.1) is 0 Å². The van der Waals surface area contributed by atoms with Gasteiger partial charge in [0.1, 0.15) is 5.69 Å². The number of rotatable bonds is 2. The van der Waals surface area contributed by atoms with Crippen LogP contribution in [0.15, 0.2) is 22.7 Å². The van der Waals surface area contributed by atoms with Gasteiger partial charge in [0.15, 0.2) is 6.29 Å². The Morgan fingerprint density at radius 2 is 2.12 bits per heavy atom. The van der Waals surface area contributed by atoms with Crippen molar-refractivity contribution in [2.24, 2.45) is 0 Å². The first-order chi connectivity index (χ1) is 8.04. The van der Waals surface area contributed by atoms with Gasteiger partial charge in [0.05, 0.1) is 15.7 Å². The minimum Gasteiger partial charge on any atom is -0.397 e. The molecule has 1 heterocycles. The number of fused-ring (bicyclic) bond motifs is 1. The lowest BCUT2D eigenvalue weighted by Crippen LogP contribution is -1.98. The van der Waals surface area contributed by atoms with Crippen LogP contribution >= 0.6 is 15.9 Å². The van der Waals surface area contributed by atoms with Gasteiger partial charge in [-0.05, 0) is 34.1 Å². The monoisotopic (exact) mass is 300 g/mol. The summed E-state index contributed by atoms with van der Waals surface area (Å²) in [6.07, 6.45) is -2.08. The van der Waals surface area contributed by atoms with Crippen LogP contribution < -0.4 is 5.73 Å². The molecule has 2 aromatic rings. The number of aldehydes is 1. The first kappa shape index (κ1) is 11.9. The van der Waals surface area contributed by atoms with Crippen molar-refractivity contribution in [1.29, 1.82) is 0 Å². The molecule has 0 aliphatic heterocycles. The predicted molar refractivity (Wildman–Crippen MR) is 64.2 cm³/mol. The second-order valence-corrected chi connectivity index (χ2v) is 4.21. The number of nitrogens with zero attached hydrogens (tertiary/aromatic N) is 1. The lowest BCUT2D eigenvalue weighted by atomic mass is 10.1. The molecule has 0 aliphatic carbocycles. The summed E-state index contributed by atoms with van der Waals surface area (Å²) in [7, 11) is 0. The number of hydrogen-bond donors (Lipinski definition) is 1. The number of nitrogen functional groups attached to an aromatic ring is 1. The second kappa shape index (κ2) is 4.37. The van der Waals surface area contributed by atoms with Crippen molar-refractivity contribution in [2.75, 3.05) is 5.73 Å². The number of hydrogen-bond acceptors (Lipinski definition) is 3. The fraction of sp³-hybridized carbons (Fsp3) is 0.0909. The van der Waals surface area contributed by atoms with Gasteiger partial charge in [-0.3, -0.25) is 4.79 Å². The van der Waals surface area contributed by atoms with Crippen LogP contribution in [0.2, 0.25) is 0 Å². The normalized spacial score (nSPS) is 11.1. The maximum absolute atomic E-state index is 12.5. The van der Waals surface area contributed by atoms with Gasteiger partial charge >= 0.3 is 0 Å². The Labute approximate surface area is 104 Å². The molecular weight excluding hydrogens is 294 g/mol. The lowest BCUT2D eigenvalue weighted by molar-refractivity contribution is 0.112. The Bertz CT molecular complexity index is 602. The second-order valence-electron chi connectivity index (χ2n) is 3.41. The topological polar surface area (TPSA) is 56.0 Å². The highest BCUT2D eigenvalue weighted by Crippen LogP contribution is 2.32. The van der Waals surface area contributed by atoms with Crippen molar-refractivity contribution in [3.8, 4) is 0 Å². The fourth-order valence-corrected chi connectivity index (χ4v) is 2.07. The van der Waals surface area contributed by atoms with Crippen LogP contribution in [0.4, 0.5) is 14.5 Å². The van der Waals surface area contributed by atoms with Crippen LogP contribution in [0.5, 0.6) is 0 Å². The molecule has 2 rings (SSSR count). The summed E-state index contributed by atoms with van der Waals surface area (Å²) in [5, 5.41) is 0.595. The van der Waals surface area contributed by atoms with Crippen LogP contribution in [-0.2, 0) is 0 Å². The largest absolute Gasteiger partial charge is 0.397 e. The van der Waals surface area contributed by atoms with E-state index in [0.717, 1.165) is 0 Å². The quantitative estimate of drug-likeness (QED) is 0.684. The van der Waals surface area contributed by atoms with Gasteiger partial charge in [0.25, 0.3) is 6.43 Å². The van der Waals surface area contributed by atoms with Crippen molar-refractivity contribution in [3.05, 3.63) is 33.9 Å². The minimum absolute atomic E-state index is 0.225. The third-order valence-corrected chi connectivity index (χ3v) is 3.23. The van der Waals surface area contributed by atoms with Crippen molar-refractivity contribution in [1.82, 2.24) is 4.98 Å². The molecule has 0 atom stereocenters. The summed E-state index contributed by atoms with van der Waals surface area (Å²) in [4.78, 5) is 14.6. The van der Waals surface area contributed by atoms with Gasteiger partial charge in [0.2, 0.25) is 0 Å². The molecular formula is C11H7BrF2N2O. The zero-order chi connectivity index (χ0) is 12.6. The minimum atomic E-state index is -2.64. The Morgan fingerprint density at radius 3 is 2.71 bits per heavy atom. The molecule has 1 aromatic carbocycles. The number of benzene rings is 1. The molecule has 0 saturated heterocycles. The Morgan fingerprint density at radius 1 is 1.41 bits per heavy atom. The van der Waals surface area contributed by atoms with Crippen LogP contribution in [0.25, 0.3) is 10.9 Å². The maximum atomic E-state index is 12.5. The van der Waals surface area contributed by atoms with Crippen molar-refractivity contribution >= 4 is 38.8 Å². The molecule has 0 unspecified atom stereocenters. The number of carbonyl (C=O) groups excluding carboxylic acids is 1. The summed E-state index contributed by atoms with van der Waals surface area (Å²) >= 11 is 3.22. The van der Waals surface area contributed by atoms with Crippen LogP contribution in [0.3, 0.4) is 0 Å². The van der Waals surface area contributed by atoms with E-state index in [1.54, 1.807) is 0 Å². The number of pyridine rings is 1. The van der Waals surface area contributed by atoms with Crippen LogP contribution in [0.1, 0.15) is 22.5 Å². The zero-order valence-corrected chi connectivity index (χ0v) is 10.0. The van der Waals surface area contributed by atoms with E-state index in [1.807, 2.05) is 0 Å². The molecule has 0 spiro atoms. The lowest BCUT2D eigenvalue weighted by Gasteiger charge is -2.08. The van der Waals surface area contributed by atoms with Gasteiger partial charge in [-0.2, -0.15) is 0 Å². The highest BCUT2D eigenvalue weighted by Gasteiger charge is 2.13. The van der Waals surface area contributed by atoms with E-state index in [-0.39, 0.29) is 16.9 Å². The van der Waals surface area contributed by atoms with Crippen molar-refractivity contribution in [2.45, 2.75) is 6.43 Å². The Hall–Kier alpha value is -1.56. The van der Waals surface area contributed by atoms with Crippen molar-refractivity contribution < 1.29 is 13.6 Å². The summed E-state index contributed by atoms with van der Waals surface area (Å²) in [5.41, 5.74) is 6.19. The predicted octanol–water partition coefficient (Wildman–Crippen LogP) is 3.33. The number of nitrogens with two attached hydrogens (primary N) is 1. The number of aromatic nitrogens is 1. The molecule has 3 nitrogen and oxygen atoms in total. The third kappa shape index (κ3) is 2.00. The molecule has 0 amide bonds. The average molecular weight is 301 g/mol. The standard InChI is InChI=1S/C11H7BrF2N2O/c12-9-6-1-2-7(11(13)14)16-8(6)3-5(4-17)10(9)15/h1-4,11H,15H2. The molecule has 0 bridgehead atoms. The Kier molecular flexibility index (Phi) is 3.06. The number of anilines is 1. The number of halogens is 3. The van der Waals surface area contributed by atoms with Gasteiger partial charge in [-0.25, -0.2) is 13.8 Å². The molecule has 0 radical (unpaired) electrons. The molecule has 1 aromatic heterocycles. The average Bonchev–Trinajstić information content (AvgIpc) is 2.33. The molecule has 0 aliphatic rings. The van der Waals surface area contributed by atoms with E-state index < -0.39 is 6.43 Å². The molecule has 88 valence electrons. The molecule has 17 heavy (non-hydrogen) atoms. The summed E-state index contributed by atoms with van der Waals surface area (Å²) in [6, 6.07) is 4.13. The van der Waals surface area contributed by atoms with Crippen molar-refractivity contribution in [3.63, 3.8) is 0 Å². The summed E-state index contributed by atoms with van der Waals surface area (Å²) < 4.78 is 25.5. The van der Waals surface area contributed by atoms with E-state index >= 15 is 0 Å². The first-order valence-corrected chi connectivity index (χ1v) is 5.46. The van der Waals surface area contributed by atoms with E-state index in [0.29, 0.717) is 21.7 Å². The van der Waals surface area contributed by atoms with E-state index in [4.69, 9.17) is 5.73 Å². The first-order valence-electron chi connectivity index (χ1n) is 4.66. The SMILES string of the molecule is Nc1c(C=O)cc2nc(C(F)F)ccc2c1Br. The Balaban J connectivity index is 2.78. The van der Waals surface area contributed by atoms with Gasteiger partial charge in [0, 0.05) is 10.9 Å². The summed E-state index contributed by atoms with van der Waals surface area (Å²) in [5.74, 6) is 0. The maximum Gasteiger partial charge on any atom is 0.280 e. The van der Waals surface area contributed by atoms with Gasteiger partial charge in [-0.15, -0.1) is 0 Å².